The number of carbonyl (C=O) groups is 1. The van der Waals surface area contributed by atoms with Crippen molar-refractivity contribution in [2.24, 2.45) is 5.92 Å². The lowest BCUT2D eigenvalue weighted by molar-refractivity contribution is 0.0342. The summed E-state index contributed by atoms with van der Waals surface area (Å²) < 4.78 is 13.2. The van der Waals surface area contributed by atoms with Crippen LogP contribution in [0, 0.1) is 12.8 Å². The lowest BCUT2D eigenvalue weighted by atomic mass is 10.2. The number of amides is 1. The number of aromatic nitrogens is 2. The van der Waals surface area contributed by atoms with Gasteiger partial charge in [0.25, 0.3) is 5.91 Å². The molecule has 1 N–H and O–H groups in total. The molecule has 2 aromatic carbocycles. The number of morpholine rings is 1. The summed E-state index contributed by atoms with van der Waals surface area (Å²) >= 11 is 6.24. The summed E-state index contributed by atoms with van der Waals surface area (Å²) in [7, 11) is 0. The monoisotopic (exact) mass is 532 g/mol. The highest BCUT2D eigenvalue weighted by atomic mass is 35.5. The molecule has 0 radical (unpaired) electrons. The van der Waals surface area contributed by atoms with Crippen molar-refractivity contribution < 1.29 is 14.3 Å². The number of halogens is 2. The van der Waals surface area contributed by atoms with Gasteiger partial charge in [-0.25, -0.2) is 0 Å². The van der Waals surface area contributed by atoms with E-state index in [0.29, 0.717) is 29.8 Å². The van der Waals surface area contributed by atoms with Crippen molar-refractivity contribution in [3.63, 3.8) is 0 Å². The molecular formula is C27H34Cl2N4O3. The van der Waals surface area contributed by atoms with Crippen LogP contribution in [0.15, 0.2) is 48.5 Å². The van der Waals surface area contributed by atoms with E-state index in [1.165, 1.54) is 5.56 Å². The van der Waals surface area contributed by atoms with Gasteiger partial charge in [-0.05, 0) is 54.8 Å². The number of anilines is 1. The van der Waals surface area contributed by atoms with Crippen LogP contribution in [0.4, 0.5) is 5.69 Å². The Morgan fingerprint density at radius 3 is 2.53 bits per heavy atom. The molecule has 194 valence electrons. The highest BCUT2D eigenvalue weighted by Crippen LogP contribution is 2.25. The molecule has 36 heavy (non-hydrogen) atoms. The molecule has 4 rings (SSSR count). The SMILES string of the molecule is Cc1cc(C(=O)Nc2ccc(CN3CCOCC3)cc2)nn1Cc1cc(Cl)ccc1OCC(C)C.Cl. The molecule has 0 spiro atoms. The highest BCUT2D eigenvalue weighted by molar-refractivity contribution is 6.30. The number of carbonyl (C=O) groups excluding carboxylic acids is 1. The molecule has 0 aliphatic carbocycles. The molecular weight excluding hydrogens is 499 g/mol. The first-order valence-corrected chi connectivity index (χ1v) is 12.4. The van der Waals surface area contributed by atoms with Crippen LogP contribution >= 0.6 is 24.0 Å². The number of nitrogens with one attached hydrogen (secondary N) is 1. The molecule has 1 amide bonds. The van der Waals surface area contributed by atoms with Crippen molar-refractivity contribution in [2.75, 3.05) is 38.2 Å². The fraction of sp³-hybridized carbons (Fsp3) is 0.407. The van der Waals surface area contributed by atoms with Crippen LogP contribution in [0.2, 0.25) is 5.02 Å². The summed E-state index contributed by atoms with van der Waals surface area (Å²) in [6.07, 6.45) is 0. The Bertz CT molecular complexity index is 1140. The van der Waals surface area contributed by atoms with Gasteiger partial charge < -0.3 is 14.8 Å². The summed E-state index contributed by atoms with van der Waals surface area (Å²) in [4.78, 5) is 15.2. The summed E-state index contributed by atoms with van der Waals surface area (Å²) in [5, 5.41) is 8.14. The van der Waals surface area contributed by atoms with E-state index in [-0.39, 0.29) is 18.3 Å². The smallest absolute Gasteiger partial charge is 0.276 e. The number of rotatable bonds is 9. The zero-order valence-corrected chi connectivity index (χ0v) is 22.6. The van der Waals surface area contributed by atoms with Gasteiger partial charge in [-0.3, -0.25) is 14.4 Å². The standard InChI is InChI=1S/C27H33ClN4O3.ClH/c1-19(2)18-35-26-9-6-23(28)15-22(26)17-32-20(3)14-25(30-32)27(33)29-24-7-4-21(5-8-24)16-31-10-12-34-13-11-31;/h4-9,14-15,19H,10-13,16-18H2,1-3H3,(H,29,33);1H. The van der Waals surface area contributed by atoms with Gasteiger partial charge in [0, 0.05) is 41.6 Å². The van der Waals surface area contributed by atoms with Crippen molar-refractivity contribution in [3.8, 4) is 5.75 Å². The van der Waals surface area contributed by atoms with Crippen LogP contribution in [0.5, 0.6) is 5.75 Å². The van der Waals surface area contributed by atoms with E-state index in [1.807, 2.05) is 49.4 Å². The van der Waals surface area contributed by atoms with Crippen molar-refractivity contribution in [1.29, 1.82) is 0 Å². The molecule has 1 aliphatic rings. The Labute approximate surface area is 224 Å². The van der Waals surface area contributed by atoms with E-state index in [2.05, 4.69) is 29.2 Å². The number of ether oxygens (including phenoxy) is 2. The third-order valence-corrected chi connectivity index (χ3v) is 6.09. The predicted molar refractivity (Wildman–Crippen MR) is 146 cm³/mol. The largest absolute Gasteiger partial charge is 0.493 e. The van der Waals surface area contributed by atoms with E-state index in [1.54, 1.807) is 10.7 Å². The number of benzene rings is 2. The third kappa shape index (κ3) is 7.71. The molecule has 1 saturated heterocycles. The van der Waals surface area contributed by atoms with Gasteiger partial charge in [-0.15, -0.1) is 12.4 Å². The third-order valence-electron chi connectivity index (χ3n) is 5.85. The zero-order valence-electron chi connectivity index (χ0n) is 21.0. The van der Waals surface area contributed by atoms with Crippen LogP contribution in [-0.4, -0.2) is 53.5 Å². The van der Waals surface area contributed by atoms with Crippen molar-refractivity contribution in [3.05, 3.63) is 76.1 Å². The Balaban J connectivity index is 0.00000361. The van der Waals surface area contributed by atoms with Crippen LogP contribution in [-0.2, 0) is 17.8 Å². The van der Waals surface area contributed by atoms with Crippen LogP contribution in [0.25, 0.3) is 0 Å². The van der Waals surface area contributed by atoms with Gasteiger partial charge in [0.2, 0.25) is 0 Å². The molecule has 0 saturated carbocycles. The minimum absolute atomic E-state index is 0. The number of hydrogen-bond donors (Lipinski definition) is 1. The molecule has 7 nitrogen and oxygen atoms in total. The first-order valence-electron chi connectivity index (χ1n) is 12.0. The van der Waals surface area contributed by atoms with E-state index in [9.17, 15) is 4.79 Å². The highest BCUT2D eigenvalue weighted by Gasteiger charge is 2.16. The summed E-state index contributed by atoms with van der Waals surface area (Å²) in [6, 6.07) is 15.3. The van der Waals surface area contributed by atoms with Gasteiger partial charge in [0.15, 0.2) is 5.69 Å². The Kier molecular flexibility index (Phi) is 10.2. The molecule has 0 bridgehead atoms. The molecule has 9 heteroatoms. The molecule has 0 unspecified atom stereocenters. The quantitative estimate of drug-likeness (QED) is 0.397. The van der Waals surface area contributed by atoms with Gasteiger partial charge in [-0.2, -0.15) is 5.10 Å². The maximum absolute atomic E-state index is 12.9. The second-order valence-electron chi connectivity index (χ2n) is 9.33. The molecule has 1 fully saturated rings. The van der Waals surface area contributed by atoms with Gasteiger partial charge in [-0.1, -0.05) is 37.6 Å². The minimum atomic E-state index is -0.241. The Morgan fingerprint density at radius 1 is 1.11 bits per heavy atom. The molecule has 3 aromatic rings. The summed E-state index contributed by atoms with van der Waals surface area (Å²) in [5.41, 5.74) is 4.12. The average Bonchev–Trinajstić information content (AvgIpc) is 3.20. The predicted octanol–water partition coefficient (Wildman–Crippen LogP) is 5.43. The number of aryl methyl sites for hydroxylation is 1. The second kappa shape index (κ2) is 13.1. The van der Waals surface area contributed by atoms with E-state index < -0.39 is 0 Å². The van der Waals surface area contributed by atoms with Crippen LogP contribution < -0.4 is 10.1 Å². The zero-order chi connectivity index (χ0) is 24.8. The molecule has 1 aliphatic heterocycles. The normalized spacial score (nSPS) is 13.9. The molecule has 0 atom stereocenters. The maximum Gasteiger partial charge on any atom is 0.276 e. The van der Waals surface area contributed by atoms with Crippen LogP contribution in [0.3, 0.4) is 0 Å². The Morgan fingerprint density at radius 2 is 1.83 bits per heavy atom. The second-order valence-corrected chi connectivity index (χ2v) is 9.76. The molecule has 1 aromatic heterocycles. The van der Waals surface area contributed by atoms with Crippen LogP contribution in [0.1, 0.15) is 41.2 Å². The summed E-state index contributed by atoms with van der Waals surface area (Å²) in [6.45, 7) is 11.6. The lowest BCUT2D eigenvalue weighted by Crippen LogP contribution is -2.35. The first-order chi connectivity index (χ1) is 16.9. The number of nitrogens with zero attached hydrogens (tertiary/aromatic N) is 3. The van der Waals surface area contributed by atoms with Crippen molar-refractivity contribution >= 4 is 35.6 Å². The van der Waals surface area contributed by atoms with Crippen molar-refractivity contribution in [2.45, 2.75) is 33.9 Å². The van der Waals surface area contributed by atoms with E-state index in [4.69, 9.17) is 21.1 Å². The van der Waals surface area contributed by atoms with Gasteiger partial charge >= 0.3 is 0 Å². The topological polar surface area (TPSA) is 68.6 Å². The minimum Gasteiger partial charge on any atom is -0.493 e. The summed E-state index contributed by atoms with van der Waals surface area (Å²) in [5.74, 6) is 0.949. The van der Waals surface area contributed by atoms with Gasteiger partial charge in [0.1, 0.15) is 5.75 Å². The lowest BCUT2D eigenvalue weighted by Gasteiger charge is -2.26. The van der Waals surface area contributed by atoms with E-state index >= 15 is 0 Å². The fourth-order valence-electron chi connectivity index (χ4n) is 3.92. The average molecular weight is 534 g/mol. The maximum atomic E-state index is 12.9. The van der Waals surface area contributed by atoms with E-state index in [0.717, 1.165) is 55.5 Å². The first kappa shape index (κ1) is 28.0. The number of hydrogen-bond acceptors (Lipinski definition) is 5. The Hall–Kier alpha value is -2.58. The van der Waals surface area contributed by atoms with Gasteiger partial charge in [0.05, 0.1) is 26.4 Å². The van der Waals surface area contributed by atoms with Crippen molar-refractivity contribution in [1.82, 2.24) is 14.7 Å². The fourth-order valence-corrected chi connectivity index (χ4v) is 4.11. The molecule has 2 heterocycles.